The Morgan fingerprint density at radius 2 is 2.10 bits per heavy atom. The molecule has 0 aliphatic carbocycles. The van der Waals surface area contributed by atoms with Crippen LogP contribution < -0.4 is 4.90 Å². The Bertz CT molecular complexity index is 559. The van der Waals surface area contributed by atoms with E-state index in [1.165, 1.54) is 4.90 Å². The number of carbonyl (C=O) groups is 2. The normalized spacial score (nSPS) is 22.0. The summed E-state index contributed by atoms with van der Waals surface area (Å²) in [5.74, 6) is -0.516. The highest BCUT2D eigenvalue weighted by molar-refractivity contribution is 5.98. The third kappa shape index (κ3) is 2.84. The van der Waals surface area contributed by atoms with E-state index in [9.17, 15) is 14.7 Å². The first-order chi connectivity index (χ1) is 9.86. The predicted molar refractivity (Wildman–Crippen MR) is 79.5 cm³/mol. The van der Waals surface area contributed by atoms with Crippen molar-refractivity contribution >= 4 is 17.7 Å². The Morgan fingerprint density at radius 1 is 1.38 bits per heavy atom. The van der Waals surface area contributed by atoms with Crippen LogP contribution in [0.2, 0.25) is 0 Å². The molecule has 0 radical (unpaired) electrons. The molecular weight excluding hydrogens is 270 g/mol. The molecule has 1 fully saturated rings. The van der Waals surface area contributed by atoms with Gasteiger partial charge in [0.25, 0.3) is 5.91 Å². The Balaban J connectivity index is 2.33. The zero-order valence-electron chi connectivity index (χ0n) is 12.7. The number of hydrogen-bond acceptors (Lipinski definition) is 4. The zero-order chi connectivity index (χ0) is 15.6. The third-order valence-electron chi connectivity index (χ3n) is 4.05. The molecule has 1 N–H and O–H groups in total. The molecule has 0 bridgehead atoms. The van der Waals surface area contributed by atoms with Crippen LogP contribution in [-0.2, 0) is 4.79 Å². The quantitative estimate of drug-likeness (QED) is 0.916. The first-order valence-electron chi connectivity index (χ1n) is 7.05. The summed E-state index contributed by atoms with van der Waals surface area (Å²) >= 11 is 0. The monoisotopic (exact) mass is 291 g/mol. The van der Waals surface area contributed by atoms with Crippen molar-refractivity contribution in [3.05, 3.63) is 23.9 Å². The second kappa shape index (κ2) is 5.71. The fraction of sp³-hybridized carbons (Fsp3) is 0.533. The van der Waals surface area contributed by atoms with Gasteiger partial charge in [-0.3, -0.25) is 4.79 Å². The SMILES string of the molecule is CN(C)c1cc(C(=O)N2CCCCC2(C)C(=O)O)ccn1. The molecule has 6 nitrogen and oxygen atoms in total. The van der Waals surface area contributed by atoms with Crippen LogP contribution in [0.5, 0.6) is 0 Å². The predicted octanol–water partition coefficient (Wildman–Crippen LogP) is 1.62. The maximum atomic E-state index is 12.7. The van der Waals surface area contributed by atoms with Crippen molar-refractivity contribution in [3.63, 3.8) is 0 Å². The number of carbonyl (C=O) groups excluding carboxylic acids is 1. The molecule has 1 unspecified atom stereocenters. The van der Waals surface area contributed by atoms with Gasteiger partial charge in [0.05, 0.1) is 0 Å². The number of carboxylic acids is 1. The smallest absolute Gasteiger partial charge is 0.329 e. The molecule has 1 aromatic rings. The number of aliphatic carboxylic acids is 1. The van der Waals surface area contributed by atoms with Crippen LogP contribution in [0.4, 0.5) is 5.82 Å². The Labute approximate surface area is 124 Å². The number of rotatable bonds is 3. The van der Waals surface area contributed by atoms with Gasteiger partial charge in [-0.25, -0.2) is 9.78 Å². The molecule has 1 aromatic heterocycles. The Hall–Kier alpha value is -2.11. The van der Waals surface area contributed by atoms with Crippen LogP contribution in [0.25, 0.3) is 0 Å². The number of carboxylic acid groups (broad SMARTS) is 1. The molecule has 0 aromatic carbocycles. The largest absolute Gasteiger partial charge is 0.480 e. The highest BCUT2D eigenvalue weighted by atomic mass is 16.4. The van der Waals surface area contributed by atoms with E-state index >= 15 is 0 Å². The summed E-state index contributed by atoms with van der Waals surface area (Å²) in [7, 11) is 3.69. The average molecular weight is 291 g/mol. The van der Waals surface area contributed by atoms with Gasteiger partial charge in [0.15, 0.2) is 0 Å². The number of aromatic nitrogens is 1. The maximum Gasteiger partial charge on any atom is 0.329 e. The molecule has 2 rings (SSSR count). The molecule has 1 saturated heterocycles. The highest BCUT2D eigenvalue weighted by Crippen LogP contribution is 2.30. The molecule has 1 aliphatic rings. The Morgan fingerprint density at radius 3 is 2.71 bits per heavy atom. The van der Waals surface area contributed by atoms with Gasteiger partial charge < -0.3 is 14.9 Å². The lowest BCUT2D eigenvalue weighted by molar-refractivity contribution is -0.150. The zero-order valence-corrected chi connectivity index (χ0v) is 12.7. The van der Waals surface area contributed by atoms with Crippen LogP contribution >= 0.6 is 0 Å². The van der Waals surface area contributed by atoms with Crippen LogP contribution in [0.3, 0.4) is 0 Å². The lowest BCUT2D eigenvalue weighted by atomic mass is 9.88. The van der Waals surface area contributed by atoms with Crippen molar-refractivity contribution in [2.75, 3.05) is 25.5 Å². The lowest BCUT2D eigenvalue weighted by Gasteiger charge is -2.41. The topological polar surface area (TPSA) is 73.7 Å². The maximum absolute atomic E-state index is 12.7. The van der Waals surface area contributed by atoms with E-state index in [2.05, 4.69) is 4.98 Å². The highest BCUT2D eigenvalue weighted by Gasteiger charge is 2.44. The van der Waals surface area contributed by atoms with Gasteiger partial charge in [-0.2, -0.15) is 0 Å². The van der Waals surface area contributed by atoms with Gasteiger partial charge in [0, 0.05) is 32.4 Å². The number of amides is 1. The molecule has 0 saturated carbocycles. The molecule has 114 valence electrons. The van der Waals surface area contributed by atoms with Gasteiger partial charge in [0.1, 0.15) is 11.4 Å². The fourth-order valence-electron chi connectivity index (χ4n) is 2.62. The number of hydrogen-bond donors (Lipinski definition) is 1. The van der Waals surface area contributed by atoms with Crippen molar-refractivity contribution in [2.45, 2.75) is 31.7 Å². The van der Waals surface area contributed by atoms with Gasteiger partial charge in [-0.05, 0) is 38.3 Å². The minimum Gasteiger partial charge on any atom is -0.480 e. The third-order valence-corrected chi connectivity index (χ3v) is 4.05. The summed E-state index contributed by atoms with van der Waals surface area (Å²) in [4.78, 5) is 31.8. The van der Waals surface area contributed by atoms with Crippen LogP contribution in [0.15, 0.2) is 18.3 Å². The molecule has 1 aliphatic heterocycles. The van der Waals surface area contributed by atoms with E-state index < -0.39 is 11.5 Å². The first-order valence-corrected chi connectivity index (χ1v) is 7.05. The van der Waals surface area contributed by atoms with Crippen molar-refractivity contribution < 1.29 is 14.7 Å². The minimum atomic E-state index is -1.13. The summed E-state index contributed by atoms with van der Waals surface area (Å²) in [6.45, 7) is 2.10. The van der Waals surface area contributed by atoms with Crippen molar-refractivity contribution in [2.24, 2.45) is 0 Å². The number of anilines is 1. The second-order valence-corrected chi connectivity index (χ2v) is 5.79. The number of pyridine rings is 1. The molecular formula is C15H21N3O3. The molecule has 6 heteroatoms. The summed E-state index contributed by atoms with van der Waals surface area (Å²) < 4.78 is 0. The first kappa shape index (κ1) is 15.3. The van der Waals surface area contributed by atoms with E-state index in [1.54, 1.807) is 25.3 Å². The van der Waals surface area contributed by atoms with Gasteiger partial charge in [0.2, 0.25) is 0 Å². The summed E-state index contributed by atoms with van der Waals surface area (Å²) in [6, 6.07) is 3.32. The number of likely N-dealkylation sites (tertiary alicyclic amines) is 1. The van der Waals surface area contributed by atoms with Gasteiger partial charge in [-0.15, -0.1) is 0 Å². The van der Waals surface area contributed by atoms with Crippen molar-refractivity contribution in [1.82, 2.24) is 9.88 Å². The summed E-state index contributed by atoms with van der Waals surface area (Å²) in [5.41, 5.74) is -0.653. The summed E-state index contributed by atoms with van der Waals surface area (Å²) in [5, 5.41) is 9.49. The second-order valence-electron chi connectivity index (χ2n) is 5.79. The fourth-order valence-corrected chi connectivity index (χ4v) is 2.62. The van der Waals surface area contributed by atoms with Gasteiger partial charge in [-0.1, -0.05) is 0 Å². The molecule has 21 heavy (non-hydrogen) atoms. The summed E-state index contributed by atoms with van der Waals surface area (Å²) in [6.07, 6.45) is 3.72. The van der Waals surface area contributed by atoms with Crippen LogP contribution in [0.1, 0.15) is 36.5 Å². The number of piperidine rings is 1. The molecule has 1 atom stereocenters. The average Bonchev–Trinajstić information content (AvgIpc) is 2.47. The number of nitrogens with zero attached hydrogens (tertiary/aromatic N) is 3. The Kier molecular flexibility index (Phi) is 4.16. The van der Waals surface area contributed by atoms with Crippen LogP contribution in [0, 0.1) is 0 Å². The minimum absolute atomic E-state index is 0.245. The van der Waals surface area contributed by atoms with Crippen molar-refractivity contribution in [3.8, 4) is 0 Å². The van der Waals surface area contributed by atoms with Crippen LogP contribution in [-0.4, -0.2) is 53.0 Å². The van der Waals surface area contributed by atoms with E-state index in [1.807, 2.05) is 19.0 Å². The van der Waals surface area contributed by atoms with Crippen molar-refractivity contribution in [1.29, 1.82) is 0 Å². The van der Waals surface area contributed by atoms with E-state index in [4.69, 9.17) is 0 Å². The molecule has 0 spiro atoms. The molecule has 2 heterocycles. The molecule has 1 amide bonds. The van der Waals surface area contributed by atoms with E-state index in [-0.39, 0.29) is 5.91 Å². The standard InChI is InChI=1S/C15H21N3O3/c1-15(14(20)21)7-4-5-9-18(15)13(19)11-6-8-16-12(10-11)17(2)3/h6,8,10H,4-5,7,9H2,1-3H3,(H,20,21). The van der Waals surface area contributed by atoms with E-state index in [0.29, 0.717) is 24.3 Å². The van der Waals surface area contributed by atoms with E-state index in [0.717, 1.165) is 12.8 Å². The van der Waals surface area contributed by atoms with Gasteiger partial charge >= 0.3 is 5.97 Å². The lowest BCUT2D eigenvalue weighted by Crippen LogP contribution is -2.57.